The topological polar surface area (TPSA) is 41.1 Å². The minimum absolute atomic E-state index is 0.123. The van der Waals surface area contributed by atoms with Crippen LogP contribution >= 0.6 is 0 Å². The molecule has 2 N–H and O–H groups in total. The van der Waals surface area contributed by atoms with Gasteiger partial charge in [-0.3, -0.25) is 4.79 Å². The lowest BCUT2D eigenvalue weighted by molar-refractivity contribution is -0.125. The molecule has 1 fully saturated rings. The average Bonchev–Trinajstić information content (AvgIpc) is 2.97. The van der Waals surface area contributed by atoms with E-state index in [0.717, 1.165) is 38.0 Å². The molecule has 3 nitrogen and oxygen atoms in total. The van der Waals surface area contributed by atoms with E-state index in [-0.39, 0.29) is 11.3 Å². The summed E-state index contributed by atoms with van der Waals surface area (Å²) in [6.07, 6.45) is 5.38. The first-order chi connectivity index (χ1) is 9.70. The predicted molar refractivity (Wildman–Crippen MR) is 83.6 cm³/mol. The van der Waals surface area contributed by atoms with E-state index >= 15 is 0 Å². The first kappa shape index (κ1) is 15.0. The Balaban J connectivity index is 1.97. The van der Waals surface area contributed by atoms with Crippen LogP contribution in [0.2, 0.25) is 0 Å². The monoisotopic (exact) mass is 274 g/mol. The van der Waals surface area contributed by atoms with Crippen LogP contribution in [-0.4, -0.2) is 12.5 Å². The van der Waals surface area contributed by atoms with Crippen LogP contribution in [0.1, 0.15) is 51.5 Å². The molecule has 0 unspecified atom stereocenters. The van der Waals surface area contributed by atoms with E-state index < -0.39 is 0 Å². The largest absolute Gasteiger partial charge is 0.326 e. The summed E-state index contributed by atoms with van der Waals surface area (Å²) in [5.74, 6) is 0.205. The van der Waals surface area contributed by atoms with E-state index in [1.165, 1.54) is 18.4 Å². The summed E-state index contributed by atoms with van der Waals surface area (Å²) in [4.78, 5) is 12.5. The van der Waals surface area contributed by atoms with E-state index in [2.05, 4.69) is 36.6 Å². The Bertz CT molecular complexity index is 433. The van der Waals surface area contributed by atoms with Gasteiger partial charge in [0.25, 0.3) is 0 Å². The average molecular weight is 274 g/mol. The first-order valence-electron chi connectivity index (χ1n) is 7.81. The van der Waals surface area contributed by atoms with E-state index in [1.54, 1.807) is 0 Å². The molecule has 1 aromatic rings. The smallest absolute Gasteiger partial charge is 0.230 e. The highest BCUT2D eigenvalue weighted by Gasteiger charge is 2.39. The van der Waals surface area contributed by atoms with Crippen molar-refractivity contribution in [1.29, 1.82) is 0 Å². The van der Waals surface area contributed by atoms with Gasteiger partial charge >= 0.3 is 0 Å². The van der Waals surface area contributed by atoms with Gasteiger partial charge in [-0.2, -0.15) is 0 Å². The van der Waals surface area contributed by atoms with Gasteiger partial charge in [0.2, 0.25) is 5.91 Å². The van der Waals surface area contributed by atoms with Gasteiger partial charge in [0.05, 0.1) is 0 Å². The zero-order chi connectivity index (χ0) is 14.4. The van der Waals surface area contributed by atoms with Gasteiger partial charge in [-0.15, -0.1) is 0 Å². The Morgan fingerprint density at radius 3 is 2.35 bits per heavy atom. The van der Waals surface area contributed by atoms with Crippen LogP contribution in [0.15, 0.2) is 24.3 Å². The van der Waals surface area contributed by atoms with Gasteiger partial charge in [0.15, 0.2) is 0 Å². The highest BCUT2D eigenvalue weighted by atomic mass is 16.2. The highest BCUT2D eigenvalue weighted by molar-refractivity contribution is 5.95. The van der Waals surface area contributed by atoms with Crippen LogP contribution in [0.4, 0.5) is 5.69 Å². The standard InChI is InChI=1S/C17H26N2O/c1-3-17(11-5-6-12-17)16(20)19-15-9-7-14(8-10-15)13-18-4-2/h7-10,18H,3-6,11-13H2,1-2H3,(H,19,20). The molecular formula is C17H26N2O. The fourth-order valence-electron chi connectivity index (χ4n) is 3.03. The lowest BCUT2D eigenvalue weighted by Crippen LogP contribution is -2.33. The van der Waals surface area contributed by atoms with Gasteiger partial charge in [-0.25, -0.2) is 0 Å². The van der Waals surface area contributed by atoms with Crippen molar-refractivity contribution in [2.75, 3.05) is 11.9 Å². The van der Waals surface area contributed by atoms with Gasteiger partial charge in [-0.05, 0) is 43.5 Å². The highest BCUT2D eigenvalue weighted by Crippen LogP contribution is 2.41. The Morgan fingerprint density at radius 2 is 1.80 bits per heavy atom. The molecule has 0 aromatic heterocycles. The van der Waals surface area contributed by atoms with Crippen molar-refractivity contribution < 1.29 is 4.79 Å². The molecule has 1 aromatic carbocycles. The van der Waals surface area contributed by atoms with Crippen LogP contribution in [0, 0.1) is 5.41 Å². The van der Waals surface area contributed by atoms with Crippen molar-refractivity contribution in [1.82, 2.24) is 5.32 Å². The van der Waals surface area contributed by atoms with E-state index in [1.807, 2.05) is 12.1 Å². The van der Waals surface area contributed by atoms with Crippen LogP contribution < -0.4 is 10.6 Å². The Kier molecular flexibility index (Phi) is 5.18. The number of amides is 1. The second-order valence-corrected chi connectivity index (χ2v) is 5.77. The summed E-state index contributed by atoms with van der Waals surface area (Å²) < 4.78 is 0. The zero-order valence-corrected chi connectivity index (χ0v) is 12.7. The van der Waals surface area contributed by atoms with E-state index in [4.69, 9.17) is 0 Å². The molecule has 1 aliphatic carbocycles. The molecule has 2 rings (SSSR count). The van der Waals surface area contributed by atoms with Crippen molar-refractivity contribution in [3.05, 3.63) is 29.8 Å². The van der Waals surface area contributed by atoms with Crippen molar-refractivity contribution in [2.45, 2.75) is 52.5 Å². The van der Waals surface area contributed by atoms with Crippen molar-refractivity contribution >= 4 is 11.6 Å². The van der Waals surface area contributed by atoms with E-state index in [9.17, 15) is 4.79 Å². The molecule has 0 heterocycles. The maximum absolute atomic E-state index is 12.5. The lowest BCUT2D eigenvalue weighted by atomic mass is 9.82. The lowest BCUT2D eigenvalue weighted by Gasteiger charge is -2.26. The Labute approximate surface area is 122 Å². The molecule has 0 spiro atoms. The molecule has 1 saturated carbocycles. The minimum atomic E-state index is -0.123. The quantitative estimate of drug-likeness (QED) is 0.830. The fourth-order valence-corrected chi connectivity index (χ4v) is 3.03. The van der Waals surface area contributed by atoms with Gasteiger partial charge in [0, 0.05) is 17.6 Å². The van der Waals surface area contributed by atoms with Crippen LogP contribution in [-0.2, 0) is 11.3 Å². The van der Waals surface area contributed by atoms with Gasteiger partial charge in [-0.1, -0.05) is 38.8 Å². The number of carbonyl (C=O) groups excluding carboxylic acids is 1. The number of benzene rings is 1. The summed E-state index contributed by atoms with van der Waals surface area (Å²) in [7, 11) is 0. The van der Waals surface area contributed by atoms with Crippen LogP contribution in [0.3, 0.4) is 0 Å². The maximum atomic E-state index is 12.5. The number of hydrogen-bond donors (Lipinski definition) is 2. The second-order valence-electron chi connectivity index (χ2n) is 5.77. The third-order valence-electron chi connectivity index (χ3n) is 4.51. The first-order valence-corrected chi connectivity index (χ1v) is 7.81. The predicted octanol–water partition coefficient (Wildman–Crippen LogP) is 3.71. The molecule has 0 radical (unpaired) electrons. The zero-order valence-electron chi connectivity index (χ0n) is 12.7. The number of carbonyl (C=O) groups is 1. The fraction of sp³-hybridized carbons (Fsp3) is 0.588. The number of rotatable bonds is 6. The Hall–Kier alpha value is -1.35. The molecule has 1 amide bonds. The van der Waals surface area contributed by atoms with E-state index in [0.29, 0.717) is 0 Å². The number of hydrogen-bond acceptors (Lipinski definition) is 2. The third kappa shape index (κ3) is 3.40. The maximum Gasteiger partial charge on any atom is 0.230 e. The molecule has 0 aliphatic heterocycles. The molecule has 0 atom stereocenters. The summed E-state index contributed by atoms with van der Waals surface area (Å²) in [6, 6.07) is 8.16. The molecule has 3 heteroatoms. The molecular weight excluding hydrogens is 248 g/mol. The summed E-state index contributed by atoms with van der Waals surface area (Å²) in [6.45, 7) is 6.08. The molecule has 0 saturated heterocycles. The summed E-state index contributed by atoms with van der Waals surface area (Å²) in [5.41, 5.74) is 2.04. The molecule has 20 heavy (non-hydrogen) atoms. The minimum Gasteiger partial charge on any atom is -0.326 e. The number of nitrogens with one attached hydrogen (secondary N) is 2. The van der Waals surface area contributed by atoms with Gasteiger partial charge in [0.1, 0.15) is 0 Å². The van der Waals surface area contributed by atoms with Crippen molar-refractivity contribution in [2.24, 2.45) is 5.41 Å². The summed E-state index contributed by atoms with van der Waals surface area (Å²) >= 11 is 0. The van der Waals surface area contributed by atoms with Crippen molar-refractivity contribution in [3.8, 4) is 0 Å². The Morgan fingerprint density at radius 1 is 1.15 bits per heavy atom. The van der Waals surface area contributed by atoms with Crippen LogP contribution in [0.5, 0.6) is 0 Å². The van der Waals surface area contributed by atoms with Gasteiger partial charge < -0.3 is 10.6 Å². The number of anilines is 1. The molecule has 110 valence electrons. The molecule has 0 bridgehead atoms. The molecule has 1 aliphatic rings. The SMILES string of the molecule is CCNCc1ccc(NC(=O)C2(CC)CCCC2)cc1. The second kappa shape index (κ2) is 6.89. The van der Waals surface area contributed by atoms with Crippen molar-refractivity contribution in [3.63, 3.8) is 0 Å². The summed E-state index contributed by atoms with van der Waals surface area (Å²) in [5, 5.41) is 6.40. The van der Waals surface area contributed by atoms with Crippen LogP contribution in [0.25, 0.3) is 0 Å². The normalized spacial score (nSPS) is 17.1. The third-order valence-corrected chi connectivity index (χ3v) is 4.51.